The van der Waals surface area contributed by atoms with E-state index in [0.717, 1.165) is 36.1 Å². The van der Waals surface area contributed by atoms with Gasteiger partial charge in [-0.15, -0.1) is 0 Å². The van der Waals surface area contributed by atoms with Gasteiger partial charge in [0, 0.05) is 32.0 Å². The second-order valence-electron chi connectivity index (χ2n) is 7.03. The van der Waals surface area contributed by atoms with Gasteiger partial charge in [0.25, 0.3) is 0 Å². The summed E-state index contributed by atoms with van der Waals surface area (Å²) in [5, 5.41) is 20.6. The molecular weight excluding hydrogens is 413 g/mol. The molecule has 1 fully saturated rings. The number of aromatic nitrogens is 2. The Labute approximate surface area is 176 Å². The predicted octanol–water partition coefficient (Wildman–Crippen LogP) is 2.50. The van der Waals surface area contributed by atoms with E-state index in [1.54, 1.807) is 24.4 Å². The fourth-order valence-corrected chi connectivity index (χ4v) is 4.16. The van der Waals surface area contributed by atoms with E-state index in [0.29, 0.717) is 29.3 Å². The standard InChI is InChI=1S/C20H24FN3O5S/c21-10-14(12-25)28-13-2-3-15-17(8-13)29-19(23-15)9-16(26)18-11-22-20(30-18)24-4-1-6-27-7-5-24/h2-3,8,11,14,16,25-26H,1,4-7,9-10,12H2. The number of hydrogen-bond donors (Lipinski definition) is 2. The van der Waals surface area contributed by atoms with Crippen LogP contribution in [0.25, 0.3) is 11.1 Å². The first-order valence-electron chi connectivity index (χ1n) is 9.85. The van der Waals surface area contributed by atoms with E-state index in [1.165, 1.54) is 11.3 Å². The van der Waals surface area contributed by atoms with Gasteiger partial charge in [0.15, 0.2) is 16.6 Å². The fourth-order valence-electron chi connectivity index (χ4n) is 3.20. The highest BCUT2D eigenvalue weighted by Gasteiger charge is 2.20. The molecular formula is C20H24FN3O5S. The van der Waals surface area contributed by atoms with Crippen LogP contribution < -0.4 is 9.64 Å². The molecule has 0 saturated carbocycles. The summed E-state index contributed by atoms with van der Waals surface area (Å²) in [4.78, 5) is 11.8. The van der Waals surface area contributed by atoms with Crippen LogP contribution in [-0.4, -0.2) is 65.9 Å². The minimum Gasteiger partial charge on any atom is -0.485 e. The Bertz CT molecular complexity index is 953. The van der Waals surface area contributed by atoms with Gasteiger partial charge in [0.1, 0.15) is 24.0 Å². The minimum absolute atomic E-state index is 0.208. The number of alkyl halides is 1. The number of hydrogen-bond acceptors (Lipinski definition) is 9. The van der Waals surface area contributed by atoms with E-state index < -0.39 is 25.5 Å². The summed E-state index contributed by atoms with van der Waals surface area (Å²) in [6.45, 7) is 1.91. The molecule has 30 heavy (non-hydrogen) atoms. The molecule has 1 aliphatic heterocycles. The fraction of sp³-hybridized carbons (Fsp3) is 0.500. The lowest BCUT2D eigenvalue weighted by Gasteiger charge is -2.17. The third kappa shape index (κ3) is 4.89. The number of ether oxygens (including phenoxy) is 2. The number of aliphatic hydroxyl groups excluding tert-OH is 2. The van der Waals surface area contributed by atoms with Gasteiger partial charge in [-0.05, 0) is 18.6 Å². The SMILES string of the molecule is OCC(CF)Oc1ccc2nc(CC(O)c3cnc(N4CCCOCC4)s3)oc2c1. The highest BCUT2D eigenvalue weighted by atomic mass is 32.1. The van der Waals surface area contributed by atoms with Gasteiger partial charge >= 0.3 is 0 Å². The molecule has 0 amide bonds. The normalized spacial score (nSPS) is 17.1. The Kier molecular flexibility index (Phi) is 6.78. The number of anilines is 1. The lowest BCUT2D eigenvalue weighted by Crippen LogP contribution is -2.25. The third-order valence-electron chi connectivity index (χ3n) is 4.78. The zero-order valence-electron chi connectivity index (χ0n) is 16.4. The van der Waals surface area contributed by atoms with Crippen molar-refractivity contribution < 1.29 is 28.5 Å². The molecule has 8 nitrogen and oxygen atoms in total. The number of halogens is 1. The maximum Gasteiger partial charge on any atom is 0.198 e. The van der Waals surface area contributed by atoms with Crippen molar-refractivity contribution in [3.63, 3.8) is 0 Å². The summed E-state index contributed by atoms with van der Waals surface area (Å²) >= 11 is 1.46. The molecule has 3 aromatic rings. The first-order valence-corrected chi connectivity index (χ1v) is 10.7. The Hall–Kier alpha value is -2.27. The van der Waals surface area contributed by atoms with Crippen LogP contribution in [0.1, 0.15) is 23.3 Å². The van der Waals surface area contributed by atoms with Crippen molar-refractivity contribution in [1.29, 1.82) is 0 Å². The predicted molar refractivity (Wildman–Crippen MR) is 110 cm³/mol. The van der Waals surface area contributed by atoms with E-state index >= 15 is 0 Å². The van der Waals surface area contributed by atoms with E-state index in [-0.39, 0.29) is 6.42 Å². The average Bonchev–Trinajstić information content (AvgIpc) is 3.31. The topological polar surface area (TPSA) is 101 Å². The molecule has 0 aliphatic carbocycles. The van der Waals surface area contributed by atoms with Crippen LogP contribution >= 0.6 is 11.3 Å². The number of oxazole rings is 1. The monoisotopic (exact) mass is 437 g/mol. The number of rotatable bonds is 8. The van der Waals surface area contributed by atoms with E-state index in [9.17, 15) is 9.50 Å². The molecule has 10 heteroatoms. The largest absolute Gasteiger partial charge is 0.485 e. The number of fused-ring (bicyclic) bond motifs is 1. The van der Waals surface area contributed by atoms with Crippen LogP contribution in [-0.2, 0) is 11.2 Å². The smallest absolute Gasteiger partial charge is 0.198 e. The Morgan fingerprint density at radius 1 is 1.30 bits per heavy atom. The summed E-state index contributed by atoms with van der Waals surface area (Å²) in [5.41, 5.74) is 1.08. The molecule has 0 spiro atoms. The van der Waals surface area contributed by atoms with Crippen molar-refractivity contribution in [1.82, 2.24) is 9.97 Å². The van der Waals surface area contributed by atoms with Crippen molar-refractivity contribution in [2.75, 3.05) is 44.5 Å². The number of nitrogens with zero attached hydrogens (tertiary/aromatic N) is 3. The number of thiazole rings is 1. The molecule has 3 heterocycles. The second kappa shape index (κ2) is 9.69. The molecule has 4 rings (SSSR count). The zero-order chi connectivity index (χ0) is 20.9. The van der Waals surface area contributed by atoms with Crippen LogP contribution in [0.3, 0.4) is 0 Å². The van der Waals surface area contributed by atoms with Gasteiger partial charge in [0.2, 0.25) is 0 Å². The van der Waals surface area contributed by atoms with Gasteiger partial charge in [-0.3, -0.25) is 0 Å². The lowest BCUT2D eigenvalue weighted by atomic mass is 10.2. The Morgan fingerprint density at radius 2 is 2.20 bits per heavy atom. The molecule has 1 saturated heterocycles. The highest BCUT2D eigenvalue weighted by molar-refractivity contribution is 7.15. The number of benzene rings is 1. The van der Waals surface area contributed by atoms with Crippen molar-refractivity contribution in [3.05, 3.63) is 35.2 Å². The maximum atomic E-state index is 12.7. The maximum absolute atomic E-state index is 12.7. The molecule has 162 valence electrons. The van der Waals surface area contributed by atoms with Crippen LogP contribution in [0.4, 0.5) is 9.52 Å². The quantitative estimate of drug-likeness (QED) is 0.554. The average molecular weight is 437 g/mol. The zero-order valence-corrected chi connectivity index (χ0v) is 17.2. The molecule has 1 aromatic carbocycles. The molecule has 0 radical (unpaired) electrons. The molecule has 2 N–H and O–H groups in total. The van der Waals surface area contributed by atoms with Crippen molar-refractivity contribution >= 4 is 27.6 Å². The number of aliphatic hydroxyl groups is 2. The van der Waals surface area contributed by atoms with Crippen LogP contribution in [0.15, 0.2) is 28.8 Å². The van der Waals surface area contributed by atoms with Crippen LogP contribution in [0, 0.1) is 0 Å². The summed E-state index contributed by atoms with van der Waals surface area (Å²) in [6.07, 6.45) is 1.16. The van der Waals surface area contributed by atoms with E-state index in [1.807, 2.05) is 0 Å². The van der Waals surface area contributed by atoms with Crippen molar-refractivity contribution in [3.8, 4) is 5.75 Å². The summed E-state index contributed by atoms with van der Waals surface area (Å²) in [5.74, 6) is 0.771. The van der Waals surface area contributed by atoms with Crippen molar-refractivity contribution in [2.45, 2.75) is 25.0 Å². The van der Waals surface area contributed by atoms with Gasteiger partial charge in [-0.1, -0.05) is 11.3 Å². The summed E-state index contributed by atoms with van der Waals surface area (Å²) in [6, 6.07) is 4.94. The van der Waals surface area contributed by atoms with Crippen LogP contribution in [0.5, 0.6) is 5.75 Å². The molecule has 2 atom stereocenters. The van der Waals surface area contributed by atoms with Crippen LogP contribution in [0.2, 0.25) is 0 Å². The van der Waals surface area contributed by atoms with Gasteiger partial charge < -0.3 is 29.0 Å². The second-order valence-corrected chi connectivity index (χ2v) is 8.07. The van der Waals surface area contributed by atoms with Crippen molar-refractivity contribution in [2.24, 2.45) is 0 Å². The van der Waals surface area contributed by atoms with E-state index in [4.69, 9.17) is 19.0 Å². The van der Waals surface area contributed by atoms with Gasteiger partial charge in [-0.2, -0.15) is 0 Å². The Balaban J connectivity index is 1.43. The first-order chi connectivity index (χ1) is 14.7. The van der Waals surface area contributed by atoms with Gasteiger partial charge in [0.05, 0.1) is 30.6 Å². The minimum atomic E-state index is -0.914. The summed E-state index contributed by atoms with van der Waals surface area (Å²) < 4.78 is 29.3. The molecule has 1 aliphatic rings. The molecule has 2 aromatic heterocycles. The van der Waals surface area contributed by atoms with E-state index in [2.05, 4.69) is 14.9 Å². The van der Waals surface area contributed by atoms with Gasteiger partial charge in [-0.25, -0.2) is 14.4 Å². The third-order valence-corrected chi connectivity index (χ3v) is 5.94. The molecule has 0 bridgehead atoms. The highest BCUT2D eigenvalue weighted by Crippen LogP contribution is 2.31. The first kappa shape index (κ1) is 21.0. The Morgan fingerprint density at radius 3 is 3.03 bits per heavy atom. The summed E-state index contributed by atoms with van der Waals surface area (Å²) in [7, 11) is 0. The lowest BCUT2D eigenvalue weighted by molar-refractivity contribution is 0.0932. The molecule has 2 unspecified atom stereocenters.